The van der Waals surface area contributed by atoms with Gasteiger partial charge in [-0.1, -0.05) is 56.3 Å². The maximum atomic E-state index is 4.33. The number of rotatable bonds is 0. The van der Waals surface area contributed by atoms with Gasteiger partial charge in [-0.25, -0.2) is 0 Å². The third kappa shape index (κ3) is 2.84. The predicted octanol–water partition coefficient (Wildman–Crippen LogP) is 4.91. The van der Waals surface area contributed by atoms with Crippen LogP contribution in [0.15, 0.2) is 71.9 Å². The van der Waals surface area contributed by atoms with E-state index in [9.17, 15) is 0 Å². The van der Waals surface area contributed by atoms with Crippen molar-refractivity contribution in [3.05, 3.63) is 72.4 Å². The lowest BCUT2D eigenvalue weighted by Crippen LogP contribution is -2.14. The van der Waals surface area contributed by atoms with Gasteiger partial charge in [0, 0.05) is 23.2 Å². The highest BCUT2D eigenvalue weighted by atomic mass is 14.8. The number of hydrogen-bond acceptors (Lipinski definition) is 2. The fraction of sp³-hybridized carbons (Fsp3) is 0.158. The second-order valence-corrected chi connectivity index (χ2v) is 5.69. The maximum absolute atomic E-state index is 4.33. The smallest absolute Gasteiger partial charge is 0.0701 e. The van der Waals surface area contributed by atoms with Gasteiger partial charge in [-0.3, -0.25) is 9.98 Å². The Morgan fingerprint density at radius 1 is 0.810 bits per heavy atom. The minimum Gasteiger partial charge on any atom is -0.260 e. The van der Waals surface area contributed by atoms with E-state index >= 15 is 0 Å². The van der Waals surface area contributed by atoms with Crippen molar-refractivity contribution in [2.45, 2.75) is 19.3 Å². The van der Waals surface area contributed by atoms with E-state index in [1.807, 2.05) is 42.7 Å². The van der Waals surface area contributed by atoms with Crippen LogP contribution in [-0.4, -0.2) is 11.2 Å². The predicted molar refractivity (Wildman–Crippen MR) is 89.4 cm³/mol. The highest BCUT2D eigenvalue weighted by molar-refractivity contribution is 5.84. The van der Waals surface area contributed by atoms with Crippen LogP contribution in [-0.2, 0) is 5.41 Å². The molecule has 0 aliphatic carbocycles. The Hall–Kier alpha value is -2.48. The molecule has 2 nitrogen and oxygen atoms in total. The van der Waals surface area contributed by atoms with Crippen LogP contribution in [0.5, 0.6) is 0 Å². The Morgan fingerprint density at radius 3 is 2.33 bits per heavy atom. The number of hydrogen-bond donors (Lipinski definition) is 0. The fourth-order valence-electron chi connectivity index (χ4n) is 2.45. The number of para-hydroxylation sites is 2. The Morgan fingerprint density at radius 2 is 1.52 bits per heavy atom. The molecule has 1 aliphatic heterocycles. The van der Waals surface area contributed by atoms with Crippen LogP contribution in [0.4, 0.5) is 5.69 Å². The van der Waals surface area contributed by atoms with Crippen molar-refractivity contribution < 1.29 is 0 Å². The highest BCUT2D eigenvalue weighted by Gasteiger charge is 2.25. The van der Waals surface area contributed by atoms with Gasteiger partial charge in [-0.05, 0) is 23.8 Å². The van der Waals surface area contributed by atoms with Crippen molar-refractivity contribution in [1.29, 1.82) is 0 Å². The highest BCUT2D eigenvalue weighted by Crippen LogP contribution is 2.35. The largest absolute Gasteiger partial charge is 0.260 e. The average Bonchev–Trinajstić information content (AvgIpc) is 2.84. The van der Waals surface area contributed by atoms with Crippen LogP contribution in [0.2, 0.25) is 0 Å². The lowest BCUT2D eigenvalue weighted by atomic mass is 9.87. The Kier molecular flexibility index (Phi) is 3.53. The lowest BCUT2D eigenvalue weighted by Gasteiger charge is -2.14. The van der Waals surface area contributed by atoms with E-state index in [4.69, 9.17) is 0 Å². The summed E-state index contributed by atoms with van der Waals surface area (Å²) in [5.74, 6) is 0. The van der Waals surface area contributed by atoms with E-state index in [1.165, 1.54) is 10.9 Å². The molecule has 21 heavy (non-hydrogen) atoms. The maximum Gasteiger partial charge on any atom is 0.0701 e. The molecule has 2 aromatic carbocycles. The van der Waals surface area contributed by atoms with Crippen molar-refractivity contribution in [3.63, 3.8) is 0 Å². The molecule has 0 amide bonds. The van der Waals surface area contributed by atoms with Crippen LogP contribution in [0.3, 0.4) is 0 Å². The summed E-state index contributed by atoms with van der Waals surface area (Å²) in [7, 11) is 0. The first-order valence-electron chi connectivity index (χ1n) is 7.11. The van der Waals surface area contributed by atoms with Crippen molar-refractivity contribution in [2.75, 3.05) is 0 Å². The van der Waals surface area contributed by atoms with Gasteiger partial charge < -0.3 is 0 Å². The molecule has 2 heterocycles. The van der Waals surface area contributed by atoms with Crippen LogP contribution in [0.1, 0.15) is 19.4 Å². The van der Waals surface area contributed by atoms with Gasteiger partial charge in [-0.15, -0.1) is 0 Å². The van der Waals surface area contributed by atoms with E-state index in [0.717, 1.165) is 11.2 Å². The molecule has 1 aromatic heterocycles. The number of benzene rings is 2. The van der Waals surface area contributed by atoms with E-state index in [2.05, 4.69) is 54.2 Å². The third-order valence-corrected chi connectivity index (χ3v) is 3.64. The summed E-state index contributed by atoms with van der Waals surface area (Å²) in [6, 6.07) is 20.4. The van der Waals surface area contributed by atoms with Gasteiger partial charge in [0.15, 0.2) is 0 Å². The van der Waals surface area contributed by atoms with Gasteiger partial charge in [0.05, 0.1) is 11.2 Å². The average molecular weight is 274 g/mol. The second kappa shape index (κ2) is 5.49. The molecular weight excluding hydrogens is 256 g/mol. The summed E-state index contributed by atoms with van der Waals surface area (Å²) < 4.78 is 0. The van der Waals surface area contributed by atoms with E-state index in [0.29, 0.717) is 0 Å². The van der Waals surface area contributed by atoms with E-state index in [-0.39, 0.29) is 5.41 Å². The molecule has 0 radical (unpaired) electrons. The molecule has 0 N–H and O–H groups in total. The number of nitrogens with zero attached hydrogens (tertiary/aromatic N) is 2. The van der Waals surface area contributed by atoms with Gasteiger partial charge in [0.2, 0.25) is 0 Å². The topological polar surface area (TPSA) is 25.2 Å². The summed E-state index contributed by atoms with van der Waals surface area (Å²) >= 11 is 0. The molecule has 0 saturated heterocycles. The first-order valence-corrected chi connectivity index (χ1v) is 7.11. The molecule has 0 bridgehead atoms. The standard InChI is InChI=1S/C10H11N.C9H7N/c1-10(2)7-11-9-6-4-3-5-8(9)10;1-2-6-9-8(4-1)5-3-7-10-9/h3-7H,1-2H3;1-7H. The number of aliphatic imine (C=N–C) groups is 1. The summed E-state index contributed by atoms with van der Waals surface area (Å²) in [6.45, 7) is 4.37. The minimum absolute atomic E-state index is 0.136. The molecule has 2 heteroatoms. The molecule has 1 aliphatic rings. The Labute approximate surface area is 125 Å². The van der Waals surface area contributed by atoms with Crippen LogP contribution in [0.25, 0.3) is 10.9 Å². The van der Waals surface area contributed by atoms with Crippen LogP contribution >= 0.6 is 0 Å². The van der Waals surface area contributed by atoms with Gasteiger partial charge in [0.1, 0.15) is 0 Å². The number of pyridine rings is 1. The Balaban J connectivity index is 0.000000126. The molecular formula is C19H18N2. The zero-order valence-electron chi connectivity index (χ0n) is 12.3. The van der Waals surface area contributed by atoms with Gasteiger partial charge in [-0.2, -0.15) is 0 Å². The molecule has 104 valence electrons. The lowest BCUT2D eigenvalue weighted by molar-refractivity contribution is 0.753. The second-order valence-electron chi connectivity index (χ2n) is 5.69. The quantitative estimate of drug-likeness (QED) is 0.571. The molecule has 0 spiro atoms. The summed E-state index contributed by atoms with van der Waals surface area (Å²) in [4.78, 5) is 8.51. The SMILES string of the molecule is CC1(C)C=Nc2ccccc21.c1ccc2ncccc2c1. The monoisotopic (exact) mass is 274 g/mol. The van der Waals surface area contributed by atoms with Crippen LogP contribution in [0, 0.1) is 0 Å². The van der Waals surface area contributed by atoms with Crippen molar-refractivity contribution >= 4 is 22.8 Å². The summed E-state index contributed by atoms with van der Waals surface area (Å²) in [6.07, 6.45) is 3.82. The molecule has 4 rings (SSSR count). The van der Waals surface area contributed by atoms with E-state index < -0.39 is 0 Å². The fourth-order valence-corrected chi connectivity index (χ4v) is 2.45. The normalized spacial score (nSPS) is 14.4. The molecule has 0 fully saturated rings. The number of fused-ring (bicyclic) bond motifs is 2. The van der Waals surface area contributed by atoms with Crippen molar-refractivity contribution in [3.8, 4) is 0 Å². The first-order chi connectivity index (χ1) is 10.2. The number of aromatic nitrogens is 1. The minimum atomic E-state index is 0.136. The summed E-state index contributed by atoms with van der Waals surface area (Å²) in [5, 5.41) is 1.20. The zero-order chi connectivity index (χ0) is 14.7. The molecule has 0 atom stereocenters. The zero-order valence-corrected chi connectivity index (χ0v) is 12.3. The van der Waals surface area contributed by atoms with E-state index in [1.54, 1.807) is 0 Å². The van der Waals surface area contributed by atoms with Crippen molar-refractivity contribution in [2.24, 2.45) is 4.99 Å². The molecule has 3 aromatic rings. The van der Waals surface area contributed by atoms with Gasteiger partial charge >= 0.3 is 0 Å². The summed E-state index contributed by atoms with van der Waals surface area (Å²) in [5.41, 5.74) is 3.65. The Bertz CT molecular complexity index is 723. The molecule has 0 saturated carbocycles. The van der Waals surface area contributed by atoms with Crippen LogP contribution < -0.4 is 0 Å². The first kappa shape index (κ1) is 13.5. The van der Waals surface area contributed by atoms with Crippen molar-refractivity contribution in [1.82, 2.24) is 4.98 Å². The third-order valence-electron chi connectivity index (χ3n) is 3.64. The molecule has 0 unspecified atom stereocenters. The van der Waals surface area contributed by atoms with Gasteiger partial charge in [0.25, 0.3) is 0 Å².